The molecule has 0 saturated heterocycles. The van der Waals surface area contributed by atoms with Gasteiger partial charge in [0.25, 0.3) is 0 Å². The molecule has 3 nitrogen and oxygen atoms in total. The number of nitrogens with zero attached hydrogens (tertiary/aromatic N) is 2. The largest absolute Gasteiger partial charge is 0.437 e. The normalized spacial score (nSPS) is 12.1. The summed E-state index contributed by atoms with van der Waals surface area (Å²) in [4.78, 5) is 9.82. The second kappa shape index (κ2) is 7.74. The van der Waals surface area contributed by atoms with E-state index < -0.39 is 0 Å². The maximum atomic E-state index is 6.35. The van der Waals surface area contributed by atoms with E-state index in [2.05, 4.69) is 82.1 Å². The van der Waals surface area contributed by atoms with Gasteiger partial charge in [0.05, 0.1) is 5.69 Å². The van der Waals surface area contributed by atoms with Crippen LogP contribution in [-0.4, -0.2) is 9.97 Å². The zero-order valence-electron chi connectivity index (χ0n) is 19.8. The molecule has 0 fully saturated rings. The maximum Gasteiger partial charge on any atom is 0.227 e. The van der Waals surface area contributed by atoms with Crippen molar-refractivity contribution in [1.82, 2.24) is 9.97 Å². The molecule has 5 aromatic rings. The molecule has 0 aliphatic heterocycles. The molecule has 0 aliphatic rings. The lowest BCUT2D eigenvalue weighted by molar-refractivity contribution is 0.636. The van der Waals surface area contributed by atoms with Crippen molar-refractivity contribution < 1.29 is 4.42 Å². The fourth-order valence-corrected chi connectivity index (χ4v) is 4.59. The molecular weight excluding hydrogens is 392 g/mol. The van der Waals surface area contributed by atoms with Crippen molar-refractivity contribution in [3.05, 3.63) is 71.0 Å². The van der Waals surface area contributed by atoms with Gasteiger partial charge in [-0.15, -0.1) is 0 Å². The minimum atomic E-state index is 0.486. The molecular formula is C29H30N2O. The second-order valence-corrected chi connectivity index (χ2v) is 9.79. The summed E-state index contributed by atoms with van der Waals surface area (Å²) in [5, 5.41) is 4.57. The van der Waals surface area contributed by atoms with Gasteiger partial charge in [-0.05, 0) is 78.9 Å². The van der Waals surface area contributed by atoms with Crippen molar-refractivity contribution in [2.24, 2.45) is 5.92 Å². The van der Waals surface area contributed by atoms with Gasteiger partial charge in [0.1, 0.15) is 5.58 Å². The smallest absolute Gasteiger partial charge is 0.227 e. The fraction of sp³-hybridized carbons (Fsp3) is 0.310. The Morgan fingerprint density at radius 3 is 2.34 bits per heavy atom. The van der Waals surface area contributed by atoms with E-state index in [4.69, 9.17) is 9.40 Å². The van der Waals surface area contributed by atoms with Crippen LogP contribution in [0.1, 0.15) is 56.1 Å². The lowest BCUT2D eigenvalue weighted by Crippen LogP contribution is -2.00. The summed E-state index contributed by atoms with van der Waals surface area (Å²) in [7, 11) is 0. The van der Waals surface area contributed by atoms with Gasteiger partial charge in [-0.25, -0.2) is 4.98 Å². The number of rotatable bonds is 4. The Hall–Kier alpha value is -3.20. The SMILES string of the molecule is Cc1cc(-c2nc(CC(C)C)cc3cc(C(C)C)ccc23)c2oc3nc(C)ccc3c2c1. The van der Waals surface area contributed by atoms with Gasteiger partial charge in [0.2, 0.25) is 5.71 Å². The first-order valence-corrected chi connectivity index (χ1v) is 11.5. The molecule has 5 rings (SSSR count). The van der Waals surface area contributed by atoms with Gasteiger partial charge in [-0.2, -0.15) is 0 Å². The third kappa shape index (κ3) is 3.56. The highest BCUT2D eigenvalue weighted by Crippen LogP contribution is 2.39. The number of furan rings is 1. The zero-order valence-corrected chi connectivity index (χ0v) is 19.8. The van der Waals surface area contributed by atoms with E-state index in [0.29, 0.717) is 17.5 Å². The van der Waals surface area contributed by atoms with E-state index >= 15 is 0 Å². The van der Waals surface area contributed by atoms with Gasteiger partial charge in [-0.3, -0.25) is 4.98 Å². The van der Waals surface area contributed by atoms with E-state index in [9.17, 15) is 0 Å². The van der Waals surface area contributed by atoms with Crippen LogP contribution in [0.4, 0.5) is 0 Å². The van der Waals surface area contributed by atoms with Gasteiger partial charge in [-0.1, -0.05) is 45.9 Å². The summed E-state index contributed by atoms with van der Waals surface area (Å²) in [6.45, 7) is 13.1. The lowest BCUT2D eigenvalue weighted by atomic mass is 9.94. The highest BCUT2D eigenvalue weighted by molar-refractivity contribution is 6.11. The molecule has 162 valence electrons. The van der Waals surface area contributed by atoms with Crippen LogP contribution in [0.3, 0.4) is 0 Å². The highest BCUT2D eigenvalue weighted by Gasteiger charge is 2.18. The van der Waals surface area contributed by atoms with Crippen LogP contribution in [0.5, 0.6) is 0 Å². The van der Waals surface area contributed by atoms with E-state index in [-0.39, 0.29) is 0 Å². The molecule has 2 aromatic carbocycles. The lowest BCUT2D eigenvalue weighted by Gasteiger charge is -2.14. The van der Waals surface area contributed by atoms with E-state index in [1.165, 1.54) is 21.9 Å². The van der Waals surface area contributed by atoms with Crippen molar-refractivity contribution in [2.75, 3.05) is 0 Å². The number of hydrogen-bond donors (Lipinski definition) is 0. The first-order valence-electron chi connectivity index (χ1n) is 11.5. The fourth-order valence-electron chi connectivity index (χ4n) is 4.59. The monoisotopic (exact) mass is 422 g/mol. The summed E-state index contributed by atoms with van der Waals surface area (Å²) in [6.07, 6.45) is 0.949. The number of aromatic nitrogens is 2. The number of hydrogen-bond acceptors (Lipinski definition) is 3. The molecule has 0 spiro atoms. The van der Waals surface area contributed by atoms with Crippen LogP contribution in [0.25, 0.3) is 44.1 Å². The predicted octanol–water partition coefficient (Wildman–Crippen LogP) is 8.13. The molecule has 0 bridgehead atoms. The molecule has 0 atom stereocenters. The third-order valence-corrected chi connectivity index (χ3v) is 6.17. The van der Waals surface area contributed by atoms with Gasteiger partial charge in [0.15, 0.2) is 0 Å². The highest BCUT2D eigenvalue weighted by atomic mass is 16.3. The van der Waals surface area contributed by atoms with Crippen LogP contribution in [0.15, 0.2) is 52.9 Å². The van der Waals surface area contributed by atoms with Gasteiger partial charge in [0, 0.05) is 33.1 Å². The molecule has 0 unspecified atom stereocenters. The molecule has 0 amide bonds. The van der Waals surface area contributed by atoms with Gasteiger partial charge < -0.3 is 4.42 Å². The van der Waals surface area contributed by atoms with Crippen LogP contribution in [0.2, 0.25) is 0 Å². The van der Waals surface area contributed by atoms with Crippen molar-refractivity contribution in [3.63, 3.8) is 0 Å². The van der Waals surface area contributed by atoms with Crippen molar-refractivity contribution in [2.45, 2.75) is 53.9 Å². The quantitative estimate of drug-likeness (QED) is 0.293. The van der Waals surface area contributed by atoms with Crippen molar-refractivity contribution in [3.8, 4) is 11.3 Å². The van der Waals surface area contributed by atoms with E-state index in [1.54, 1.807) is 0 Å². The predicted molar refractivity (Wildman–Crippen MR) is 134 cm³/mol. The summed E-state index contributed by atoms with van der Waals surface area (Å²) in [5.41, 5.74) is 8.23. The summed E-state index contributed by atoms with van der Waals surface area (Å²) >= 11 is 0. The molecule has 3 heteroatoms. The molecule has 32 heavy (non-hydrogen) atoms. The summed E-state index contributed by atoms with van der Waals surface area (Å²) in [6, 6.07) is 17.6. The third-order valence-electron chi connectivity index (χ3n) is 6.17. The minimum Gasteiger partial charge on any atom is -0.437 e. The second-order valence-electron chi connectivity index (χ2n) is 9.79. The Morgan fingerprint density at radius 2 is 1.59 bits per heavy atom. The average Bonchev–Trinajstić information content (AvgIpc) is 3.08. The number of aryl methyl sites for hydroxylation is 2. The Labute approximate surface area is 189 Å². The van der Waals surface area contributed by atoms with Gasteiger partial charge >= 0.3 is 0 Å². The summed E-state index contributed by atoms with van der Waals surface area (Å²) < 4.78 is 6.35. The molecule has 0 N–H and O–H groups in total. The first-order chi connectivity index (χ1) is 15.3. The zero-order chi connectivity index (χ0) is 22.6. The molecule has 0 saturated carbocycles. The average molecular weight is 423 g/mol. The Morgan fingerprint density at radius 1 is 0.812 bits per heavy atom. The molecule has 0 radical (unpaired) electrons. The Balaban J connectivity index is 1.86. The number of pyridine rings is 2. The van der Waals surface area contributed by atoms with Crippen LogP contribution in [-0.2, 0) is 6.42 Å². The standard InChI is InChI=1S/C29H30N2O/c1-16(2)11-22-15-21-14-20(17(3)4)8-10-23(21)27(31-22)26-13-18(5)12-25-24-9-7-19(6)30-29(24)32-28(25)26/h7-10,12-17H,11H2,1-6H3. The molecule has 0 aliphatic carbocycles. The van der Waals surface area contributed by atoms with Crippen molar-refractivity contribution >= 4 is 32.8 Å². The molecule has 3 aromatic heterocycles. The number of fused-ring (bicyclic) bond motifs is 4. The Kier molecular flexibility index (Phi) is 5.00. The van der Waals surface area contributed by atoms with Crippen molar-refractivity contribution in [1.29, 1.82) is 0 Å². The van der Waals surface area contributed by atoms with E-state index in [0.717, 1.165) is 45.4 Å². The van der Waals surface area contributed by atoms with Crippen LogP contribution >= 0.6 is 0 Å². The van der Waals surface area contributed by atoms with E-state index in [1.807, 2.05) is 13.0 Å². The maximum absolute atomic E-state index is 6.35. The summed E-state index contributed by atoms with van der Waals surface area (Å²) in [5.74, 6) is 1.02. The van der Waals surface area contributed by atoms with Crippen LogP contribution in [0, 0.1) is 19.8 Å². The first kappa shape index (κ1) is 20.7. The van der Waals surface area contributed by atoms with Crippen LogP contribution < -0.4 is 0 Å². The molecule has 3 heterocycles. The Bertz CT molecular complexity index is 1470. The number of benzene rings is 2. The minimum absolute atomic E-state index is 0.486. The topological polar surface area (TPSA) is 38.9 Å².